The Morgan fingerprint density at radius 3 is 3.00 bits per heavy atom. The van der Waals surface area contributed by atoms with Gasteiger partial charge in [0.1, 0.15) is 6.04 Å². The molecule has 0 radical (unpaired) electrons. The third kappa shape index (κ3) is 1.79. The molecule has 8 heteroatoms. The highest BCUT2D eigenvalue weighted by atomic mass is 35.5. The highest BCUT2D eigenvalue weighted by Crippen LogP contribution is 2.19. The van der Waals surface area contributed by atoms with Crippen LogP contribution < -0.4 is 10.7 Å². The fourth-order valence-corrected chi connectivity index (χ4v) is 1.87. The quantitative estimate of drug-likeness (QED) is 0.750. The maximum Gasteiger partial charge on any atom is 0.258 e. The molecule has 76 valence electrons. The summed E-state index contributed by atoms with van der Waals surface area (Å²) in [5.41, 5.74) is 2.64. The van der Waals surface area contributed by atoms with Gasteiger partial charge in [0.25, 0.3) is 5.91 Å². The Balaban J connectivity index is 2.05. The zero-order chi connectivity index (χ0) is 10.1. The van der Waals surface area contributed by atoms with Crippen LogP contribution in [0.3, 0.4) is 0 Å². The van der Waals surface area contributed by atoms with Crippen molar-refractivity contribution in [2.45, 2.75) is 6.04 Å². The van der Waals surface area contributed by atoms with Gasteiger partial charge in [-0.2, -0.15) is 8.75 Å². The van der Waals surface area contributed by atoms with Gasteiger partial charge in [-0.1, -0.05) is 11.6 Å². The number of hydrazine groups is 1. The third-order valence-electron chi connectivity index (χ3n) is 1.83. The van der Waals surface area contributed by atoms with Gasteiger partial charge in [0.15, 0.2) is 11.0 Å². The van der Waals surface area contributed by atoms with Gasteiger partial charge >= 0.3 is 0 Å². The first-order valence-corrected chi connectivity index (χ1v) is 5.04. The summed E-state index contributed by atoms with van der Waals surface area (Å²) >= 11 is 6.74. The van der Waals surface area contributed by atoms with Gasteiger partial charge < -0.3 is 5.32 Å². The third-order valence-corrected chi connectivity index (χ3v) is 2.73. The van der Waals surface area contributed by atoms with E-state index in [1.54, 1.807) is 12.1 Å². The second-order valence-electron chi connectivity index (χ2n) is 2.96. The number of carbonyl (C=O) groups is 1. The number of nitrogens with zero attached hydrogens (tertiary/aromatic N) is 3. The Labute approximate surface area is 89.5 Å². The average molecular weight is 234 g/mol. The van der Waals surface area contributed by atoms with Crippen LogP contribution in [0.25, 0.3) is 0 Å². The molecule has 1 fully saturated rings. The van der Waals surface area contributed by atoms with Crippen LogP contribution in [0.1, 0.15) is 0 Å². The van der Waals surface area contributed by atoms with Gasteiger partial charge in [0.05, 0.1) is 11.7 Å². The SMILES string of the molecule is CN1CC(Nc2nsnc2Cl)C(=O)N1. The van der Waals surface area contributed by atoms with Crippen LogP contribution >= 0.6 is 23.3 Å². The molecule has 6 nitrogen and oxygen atoms in total. The lowest BCUT2D eigenvalue weighted by Gasteiger charge is -2.07. The number of amides is 1. The van der Waals surface area contributed by atoms with Crippen molar-refractivity contribution < 1.29 is 4.79 Å². The number of nitrogens with one attached hydrogen (secondary N) is 2. The molecule has 0 spiro atoms. The number of hydrogen-bond acceptors (Lipinski definition) is 6. The molecule has 0 aromatic carbocycles. The van der Waals surface area contributed by atoms with Crippen molar-refractivity contribution >= 4 is 35.1 Å². The van der Waals surface area contributed by atoms with Gasteiger partial charge in [-0.05, 0) is 0 Å². The predicted molar refractivity (Wildman–Crippen MR) is 53.1 cm³/mol. The highest BCUT2D eigenvalue weighted by molar-refractivity contribution is 6.99. The van der Waals surface area contributed by atoms with Crippen LogP contribution in [-0.2, 0) is 4.79 Å². The van der Waals surface area contributed by atoms with E-state index in [9.17, 15) is 4.79 Å². The molecular formula is C6H8ClN5OS. The van der Waals surface area contributed by atoms with Crippen molar-refractivity contribution in [3.8, 4) is 0 Å². The molecule has 1 aliphatic rings. The van der Waals surface area contributed by atoms with Crippen LogP contribution in [0, 0.1) is 0 Å². The summed E-state index contributed by atoms with van der Waals surface area (Å²) in [4.78, 5) is 11.3. The zero-order valence-corrected chi connectivity index (χ0v) is 8.89. The topological polar surface area (TPSA) is 70.1 Å². The van der Waals surface area contributed by atoms with E-state index in [4.69, 9.17) is 11.6 Å². The molecule has 1 atom stereocenters. The van der Waals surface area contributed by atoms with Crippen molar-refractivity contribution in [2.24, 2.45) is 0 Å². The number of hydrogen-bond donors (Lipinski definition) is 2. The van der Waals surface area contributed by atoms with Crippen molar-refractivity contribution in [1.29, 1.82) is 0 Å². The largest absolute Gasteiger partial charge is 0.354 e. The smallest absolute Gasteiger partial charge is 0.258 e. The van der Waals surface area contributed by atoms with Crippen LogP contribution in [0.15, 0.2) is 0 Å². The predicted octanol–water partition coefficient (Wildman–Crippen LogP) is -0.0514. The molecule has 14 heavy (non-hydrogen) atoms. The van der Waals surface area contributed by atoms with E-state index in [0.717, 1.165) is 11.7 Å². The number of aromatic nitrogens is 2. The minimum atomic E-state index is -0.318. The maximum absolute atomic E-state index is 11.3. The van der Waals surface area contributed by atoms with Crippen molar-refractivity contribution in [1.82, 2.24) is 19.2 Å². The minimum Gasteiger partial charge on any atom is -0.354 e. The Morgan fingerprint density at radius 1 is 1.71 bits per heavy atom. The summed E-state index contributed by atoms with van der Waals surface area (Å²) in [5.74, 6) is 0.378. The van der Waals surface area contributed by atoms with E-state index in [2.05, 4.69) is 19.5 Å². The molecule has 1 saturated heterocycles. The van der Waals surface area contributed by atoms with E-state index < -0.39 is 0 Å². The zero-order valence-electron chi connectivity index (χ0n) is 7.32. The number of anilines is 1. The molecule has 0 aliphatic carbocycles. The average Bonchev–Trinajstić information content (AvgIpc) is 2.62. The lowest BCUT2D eigenvalue weighted by molar-refractivity contribution is -0.121. The van der Waals surface area contributed by atoms with Gasteiger partial charge in [-0.3, -0.25) is 10.2 Å². The van der Waals surface area contributed by atoms with Gasteiger partial charge in [0, 0.05) is 13.6 Å². The summed E-state index contributed by atoms with van der Waals surface area (Å²) in [6.45, 7) is 0.576. The van der Waals surface area contributed by atoms with Crippen molar-refractivity contribution in [2.75, 3.05) is 18.9 Å². The first-order chi connectivity index (χ1) is 6.66. The lowest BCUT2D eigenvalue weighted by Crippen LogP contribution is -2.31. The van der Waals surface area contributed by atoms with E-state index >= 15 is 0 Å². The van der Waals surface area contributed by atoms with Crippen LogP contribution in [0.5, 0.6) is 0 Å². The lowest BCUT2D eigenvalue weighted by atomic mass is 10.3. The Hall–Kier alpha value is -0.920. The Bertz CT molecular complexity index is 356. The molecule has 1 aliphatic heterocycles. The first kappa shape index (κ1) is 9.63. The van der Waals surface area contributed by atoms with E-state index in [0.29, 0.717) is 17.5 Å². The number of rotatable bonds is 2. The summed E-state index contributed by atoms with van der Waals surface area (Å²) in [6, 6.07) is -0.318. The van der Waals surface area contributed by atoms with Crippen LogP contribution in [-0.4, -0.2) is 39.3 Å². The molecule has 2 rings (SSSR count). The maximum atomic E-state index is 11.3. The molecule has 1 aromatic rings. The summed E-state index contributed by atoms with van der Waals surface area (Å²) < 4.78 is 7.72. The van der Waals surface area contributed by atoms with Crippen LogP contribution in [0.4, 0.5) is 5.82 Å². The monoisotopic (exact) mass is 233 g/mol. The van der Waals surface area contributed by atoms with E-state index in [-0.39, 0.29) is 11.9 Å². The van der Waals surface area contributed by atoms with Gasteiger partial charge in [-0.15, -0.1) is 0 Å². The molecule has 0 bridgehead atoms. The van der Waals surface area contributed by atoms with Crippen LogP contribution in [0.2, 0.25) is 5.15 Å². The molecule has 1 amide bonds. The normalized spacial score (nSPS) is 22.4. The Morgan fingerprint density at radius 2 is 2.50 bits per heavy atom. The molecule has 2 N–H and O–H groups in total. The van der Waals surface area contributed by atoms with Gasteiger partial charge in [0.2, 0.25) is 0 Å². The number of carbonyl (C=O) groups excluding carboxylic acids is 1. The molecule has 0 saturated carbocycles. The highest BCUT2D eigenvalue weighted by Gasteiger charge is 2.29. The summed E-state index contributed by atoms with van der Waals surface area (Å²) in [7, 11) is 1.79. The van der Waals surface area contributed by atoms with Gasteiger partial charge in [-0.25, -0.2) is 5.01 Å². The minimum absolute atomic E-state index is 0.0865. The second kappa shape index (κ2) is 3.68. The standard InChI is InChI=1S/C6H8ClN5OS/c1-12-2-3(6(13)9-12)8-5-4(7)10-14-11-5/h3H,2H2,1H3,(H,8,11)(H,9,13). The first-order valence-electron chi connectivity index (χ1n) is 3.93. The van der Waals surface area contributed by atoms with E-state index in [1.165, 1.54) is 0 Å². The number of likely N-dealkylation sites (N-methyl/N-ethyl adjacent to an activating group) is 1. The molecule has 1 unspecified atom stereocenters. The molecule has 2 heterocycles. The number of halogens is 1. The van der Waals surface area contributed by atoms with Crippen molar-refractivity contribution in [3.05, 3.63) is 5.15 Å². The Kier molecular flexibility index (Phi) is 2.53. The second-order valence-corrected chi connectivity index (χ2v) is 3.84. The van der Waals surface area contributed by atoms with E-state index in [1.807, 2.05) is 0 Å². The fraction of sp³-hybridized carbons (Fsp3) is 0.500. The summed E-state index contributed by atoms with van der Waals surface area (Å²) in [6.07, 6.45) is 0. The van der Waals surface area contributed by atoms with Crippen molar-refractivity contribution in [3.63, 3.8) is 0 Å². The summed E-state index contributed by atoms with van der Waals surface area (Å²) in [5, 5.41) is 4.93. The fourth-order valence-electron chi connectivity index (χ4n) is 1.21. The molecule has 1 aromatic heterocycles. The molecular weight excluding hydrogens is 226 g/mol.